The Kier molecular flexibility index (Phi) is 0.620. The van der Waals surface area contributed by atoms with Gasteiger partial charge in [-0.15, -0.1) is 0 Å². The first-order chi connectivity index (χ1) is 3.36. The van der Waals surface area contributed by atoms with Gasteiger partial charge in [-0.25, -0.2) is 0 Å². The van der Waals surface area contributed by atoms with Gasteiger partial charge in [0.15, 0.2) is 0 Å². The van der Waals surface area contributed by atoms with Gasteiger partial charge < -0.3 is 9.63 Å². The van der Waals surface area contributed by atoms with E-state index in [1.807, 2.05) is 0 Å². The van der Waals surface area contributed by atoms with Crippen LogP contribution in [-0.4, -0.2) is 24.2 Å². The highest BCUT2D eigenvalue weighted by Gasteiger charge is 2.46. The van der Waals surface area contributed by atoms with Gasteiger partial charge in [0, 0.05) is 0 Å². The summed E-state index contributed by atoms with van der Waals surface area (Å²) in [5.74, 6) is 1.81. The topological polar surface area (TPSA) is 35.6 Å². The summed E-state index contributed by atoms with van der Waals surface area (Å²) < 4.78 is 4.98. The zero-order chi connectivity index (χ0) is 4.85. The smallest absolute Gasteiger partial charge is 0.145 e. The molecule has 0 N–H and O–H groups in total. The van der Waals surface area contributed by atoms with Gasteiger partial charge in [-0.05, 0) is 0 Å². The van der Waals surface area contributed by atoms with Gasteiger partial charge in [0.05, 0.1) is 7.77 Å². The van der Waals surface area contributed by atoms with Crippen LogP contribution in [0.3, 0.4) is 0 Å². The van der Waals surface area contributed by atoms with Crippen LogP contribution in [0.25, 0.3) is 0 Å². The minimum Gasteiger partial charge on any atom is -0.631 e. The van der Waals surface area contributed by atoms with E-state index in [-0.39, 0.29) is 6.10 Å². The van der Waals surface area contributed by atoms with Crippen molar-refractivity contribution in [2.24, 2.45) is 0 Å². The number of ether oxygens (including phenoxy) is 1. The highest BCUT2D eigenvalue weighted by Crippen LogP contribution is 2.36. The molecule has 0 aliphatic carbocycles. The summed E-state index contributed by atoms with van der Waals surface area (Å²) in [5.41, 5.74) is 0. The molecule has 3 atom stereocenters. The third-order valence-electron chi connectivity index (χ3n) is 1.29. The summed E-state index contributed by atoms with van der Waals surface area (Å²) in [6.45, 7) is 0. The van der Waals surface area contributed by atoms with Crippen LogP contribution >= 0.6 is 7.77 Å². The Hall–Kier alpha value is 0.0900. The van der Waals surface area contributed by atoms with E-state index >= 15 is 0 Å². The molecule has 2 aliphatic heterocycles. The Labute approximate surface area is 42.6 Å². The molecule has 2 aliphatic rings. The van der Waals surface area contributed by atoms with Gasteiger partial charge in [0.25, 0.3) is 0 Å². The Morgan fingerprint density at radius 2 is 2.71 bits per heavy atom. The fourth-order valence-electron chi connectivity index (χ4n) is 0.837. The van der Waals surface area contributed by atoms with Gasteiger partial charge in [0.1, 0.15) is 24.2 Å². The molecule has 3 heteroatoms. The molecular formula is C4H5O2P. The van der Waals surface area contributed by atoms with Crippen molar-refractivity contribution in [3.05, 3.63) is 0 Å². The molecule has 2 heterocycles. The maximum Gasteiger partial charge on any atom is 0.145 e. The number of hydrogen-bond acceptors (Lipinski definition) is 2. The minimum atomic E-state index is -0.955. The van der Waals surface area contributed by atoms with Gasteiger partial charge in [-0.2, -0.15) is 0 Å². The van der Waals surface area contributed by atoms with E-state index in [4.69, 9.17) is 4.74 Å². The molecule has 7 heavy (non-hydrogen) atoms. The van der Waals surface area contributed by atoms with Crippen LogP contribution in [0.15, 0.2) is 0 Å². The first-order valence-electron chi connectivity index (χ1n) is 2.30. The highest BCUT2D eigenvalue weighted by molar-refractivity contribution is 7.50. The van der Waals surface area contributed by atoms with E-state index in [1.165, 1.54) is 0 Å². The number of rotatable bonds is 0. The maximum absolute atomic E-state index is 10.5. The quantitative estimate of drug-likeness (QED) is 0.310. The molecule has 1 fully saturated rings. The largest absolute Gasteiger partial charge is 0.631 e. The third kappa shape index (κ3) is 0.513. The summed E-state index contributed by atoms with van der Waals surface area (Å²) >= 11 is 0. The van der Waals surface area contributed by atoms with Crippen molar-refractivity contribution in [3.8, 4) is 0 Å². The van der Waals surface area contributed by atoms with Crippen LogP contribution in [0, 0.1) is 0 Å². The molecule has 2 rings (SSSR count). The van der Waals surface area contributed by atoms with Crippen molar-refractivity contribution in [1.29, 1.82) is 0 Å². The molecule has 0 spiro atoms. The first kappa shape index (κ1) is 4.02. The van der Waals surface area contributed by atoms with Crippen molar-refractivity contribution >= 4 is 13.6 Å². The third-order valence-corrected chi connectivity index (χ3v) is 2.64. The average Bonchev–Trinajstić information content (AvgIpc) is 2.15. The summed E-state index contributed by atoms with van der Waals surface area (Å²) in [5, 5.41) is 0. The fraction of sp³-hybridized carbons (Fsp3) is 0.750. The first-order valence-corrected chi connectivity index (χ1v) is 3.82. The molecular weight excluding hydrogens is 111 g/mol. The second kappa shape index (κ2) is 1.08. The predicted molar refractivity (Wildman–Crippen MR) is 26.5 cm³/mol. The lowest BCUT2D eigenvalue weighted by Gasteiger charge is -1.86. The van der Waals surface area contributed by atoms with E-state index in [0.717, 1.165) is 6.16 Å². The molecule has 2 nitrogen and oxygen atoms in total. The van der Waals surface area contributed by atoms with Crippen molar-refractivity contribution in [2.45, 2.75) is 12.2 Å². The van der Waals surface area contributed by atoms with Crippen LogP contribution in [0.4, 0.5) is 0 Å². The molecule has 0 aromatic heterocycles. The zero-order valence-corrected chi connectivity index (χ0v) is 4.60. The molecule has 0 radical (unpaired) electrons. The lowest BCUT2D eigenvalue weighted by molar-refractivity contribution is -0.152. The van der Waals surface area contributed by atoms with Crippen molar-refractivity contribution in [2.75, 3.05) is 6.16 Å². The number of hydrogen-bond donors (Lipinski definition) is 0. The second-order valence-corrected chi connectivity index (χ2v) is 3.39. The lowest BCUT2D eigenvalue weighted by Crippen LogP contribution is -1.93. The molecule has 0 aromatic rings. The van der Waals surface area contributed by atoms with Crippen LogP contribution in [0.2, 0.25) is 0 Å². The standard InChI is InChI=1S/C4H5O2P/c5-7-1-3-4(2-7)6-3/h1,3-4H,2H2. The molecule has 0 amide bonds. The number of fused-ring (bicyclic) bond motifs is 1. The van der Waals surface area contributed by atoms with Crippen LogP contribution in [-0.2, 0) is 4.74 Å². The van der Waals surface area contributed by atoms with E-state index in [2.05, 4.69) is 0 Å². The van der Waals surface area contributed by atoms with E-state index in [0.29, 0.717) is 6.10 Å². The summed E-state index contributed by atoms with van der Waals surface area (Å²) in [6, 6.07) is 0. The Morgan fingerprint density at radius 1 is 1.86 bits per heavy atom. The maximum atomic E-state index is 10.5. The van der Waals surface area contributed by atoms with Gasteiger partial charge >= 0.3 is 0 Å². The Bertz CT molecular complexity index is 132. The Balaban J connectivity index is 2.22. The molecule has 0 aromatic carbocycles. The van der Waals surface area contributed by atoms with Crippen LogP contribution in [0.1, 0.15) is 0 Å². The summed E-state index contributed by atoms with van der Waals surface area (Å²) in [7, 11) is -0.955. The second-order valence-electron chi connectivity index (χ2n) is 1.89. The number of epoxide rings is 1. The molecule has 38 valence electrons. The lowest BCUT2D eigenvalue weighted by atomic mass is 10.4. The molecule has 0 bridgehead atoms. The molecule has 0 saturated carbocycles. The van der Waals surface area contributed by atoms with E-state index in [1.54, 1.807) is 5.80 Å². The van der Waals surface area contributed by atoms with Crippen LogP contribution < -0.4 is 4.89 Å². The van der Waals surface area contributed by atoms with E-state index < -0.39 is 7.77 Å². The molecule has 1 saturated heterocycles. The summed E-state index contributed by atoms with van der Waals surface area (Å²) in [4.78, 5) is 10.5. The monoisotopic (exact) mass is 116 g/mol. The summed E-state index contributed by atoms with van der Waals surface area (Å²) in [6.07, 6.45) is 1.41. The average molecular weight is 116 g/mol. The van der Waals surface area contributed by atoms with Gasteiger partial charge in [-0.1, -0.05) is 0 Å². The normalized spacial score (nSPS) is 50.7. The predicted octanol–water partition coefficient (Wildman–Crippen LogP) is -0.673. The van der Waals surface area contributed by atoms with Crippen molar-refractivity contribution in [1.82, 2.24) is 0 Å². The highest BCUT2D eigenvalue weighted by atomic mass is 31.1. The Morgan fingerprint density at radius 3 is 3.00 bits per heavy atom. The molecule has 3 unspecified atom stereocenters. The van der Waals surface area contributed by atoms with Crippen LogP contribution in [0.5, 0.6) is 0 Å². The van der Waals surface area contributed by atoms with Gasteiger partial charge in [0.2, 0.25) is 0 Å². The SMILES string of the molecule is [O-][P+]1=CC2OC2C1. The van der Waals surface area contributed by atoms with E-state index in [9.17, 15) is 4.89 Å². The van der Waals surface area contributed by atoms with Gasteiger partial charge in [-0.3, -0.25) is 0 Å². The zero-order valence-electron chi connectivity index (χ0n) is 3.70. The minimum absolute atomic E-state index is 0.281. The van der Waals surface area contributed by atoms with Crippen molar-refractivity contribution in [3.63, 3.8) is 0 Å². The fourth-order valence-corrected chi connectivity index (χ4v) is 2.20. The van der Waals surface area contributed by atoms with Crippen molar-refractivity contribution < 1.29 is 9.63 Å².